The van der Waals surface area contributed by atoms with Gasteiger partial charge < -0.3 is 4.74 Å². The van der Waals surface area contributed by atoms with Crippen molar-refractivity contribution in [3.63, 3.8) is 0 Å². The number of aromatic nitrogens is 2. The quantitative estimate of drug-likeness (QED) is 0.691. The SMILES string of the molecule is COc1nc(-c2ccsc2)c2ccccc2n1. The minimum absolute atomic E-state index is 0.407. The Labute approximate surface area is 103 Å². The minimum atomic E-state index is 0.407. The van der Waals surface area contributed by atoms with Crippen molar-refractivity contribution in [2.45, 2.75) is 0 Å². The Hall–Kier alpha value is -1.94. The normalized spacial score (nSPS) is 10.6. The van der Waals surface area contributed by atoms with Crippen molar-refractivity contribution in [2.24, 2.45) is 0 Å². The number of rotatable bonds is 2. The summed E-state index contributed by atoms with van der Waals surface area (Å²) >= 11 is 1.66. The molecular weight excluding hydrogens is 232 g/mol. The average Bonchev–Trinajstić information content (AvgIpc) is 2.91. The topological polar surface area (TPSA) is 35.0 Å². The van der Waals surface area contributed by atoms with Crippen molar-refractivity contribution in [3.8, 4) is 17.3 Å². The summed E-state index contributed by atoms with van der Waals surface area (Å²) in [6.07, 6.45) is 0. The van der Waals surface area contributed by atoms with Gasteiger partial charge in [0.1, 0.15) is 0 Å². The maximum absolute atomic E-state index is 5.14. The summed E-state index contributed by atoms with van der Waals surface area (Å²) in [4.78, 5) is 8.77. The van der Waals surface area contributed by atoms with Gasteiger partial charge in [0.05, 0.1) is 18.3 Å². The average molecular weight is 242 g/mol. The van der Waals surface area contributed by atoms with E-state index in [1.165, 1.54) is 0 Å². The summed E-state index contributed by atoms with van der Waals surface area (Å²) in [6.45, 7) is 0. The molecule has 0 atom stereocenters. The summed E-state index contributed by atoms with van der Waals surface area (Å²) in [6, 6.07) is 10.4. The van der Waals surface area contributed by atoms with Crippen LogP contribution in [0, 0.1) is 0 Å². The molecule has 84 valence electrons. The maximum atomic E-state index is 5.14. The van der Waals surface area contributed by atoms with E-state index in [1.54, 1.807) is 18.4 Å². The van der Waals surface area contributed by atoms with Crippen LogP contribution in [0.2, 0.25) is 0 Å². The van der Waals surface area contributed by atoms with E-state index in [4.69, 9.17) is 4.74 Å². The Kier molecular flexibility index (Phi) is 2.49. The van der Waals surface area contributed by atoms with Gasteiger partial charge in [0, 0.05) is 16.3 Å². The zero-order valence-electron chi connectivity index (χ0n) is 9.25. The molecule has 3 rings (SSSR count). The molecule has 0 amide bonds. The molecule has 4 heteroatoms. The molecule has 0 aliphatic rings. The Balaban J connectivity index is 2.35. The molecule has 0 N–H and O–H groups in total. The zero-order valence-corrected chi connectivity index (χ0v) is 10.1. The van der Waals surface area contributed by atoms with Gasteiger partial charge in [-0.2, -0.15) is 21.3 Å². The number of ether oxygens (including phenoxy) is 1. The fraction of sp³-hybridized carbons (Fsp3) is 0.0769. The first-order chi connectivity index (χ1) is 8.38. The van der Waals surface area contributed by atoms with E-state index in [0.29, 0.717) is 6.01 Å². The molecule has 0 radical (unpaired) electrons. The molecule has 0 unspecified atom stereocenters. The van der Waals surface area contributed by atoms with Gasteiger partial charge in [-0.3, -0.25) is 0 Å². The van der Waals surface area contributed by atoms with Crippen LogP contribution in [-0.2, 0) is 0 Å². The second kappa shape index (κ2) is 4.14. The van der Waals surface area contributed by atoms with Crippen LogP contribution in [0.3, 0.4) is 0 Å². The van der Waals surface area contributed by atoms with Crippen LogP contribution < -0.4 is 4.74 Å². The third-order valence-corrected chi connectivity index (χ3v) is 3.24. The predicted molar refractivity (Wildman–Crippen MR) is 69.4 cm³/mol. The predicted octanol–water partition coefficient (Wildman–Crippen LogP) is 3.37. The molecule has 0 fully saturated rings. The lowest BCUT2D eigenvalue weighted by Crippen LogP contribution is -1.95. The van der Waals surface area contributed by atoms with Crippen molar-refractivity contribution in [1.82, 2.24) is 9.97 Å². The summed E-state index contributed by atoms with van der Waals surface area (Å²) in [5.41, 5.74) is 2.93. The summed E-state index contributed by atoms with van der Waals surface area (Å²) in [5.74, 6) is 0. The molecule has 0 spiro atoms. The van der Waals surface area contributed by atoms with E-state index in [1.807, 2.05) is 29.6 Å². The van der Waals surface area contributed by atoms with E-state index in [2.05, 4.69) is 21.4 Å². The van der Waals surface area contributed by atoms with E-state index >= 15 is 0 Å². The van der Waals surface area contributed by atoms with Gasteiger partial charge in [-0.15, -0.1) is 0 Å². The second-order valence-corrected chi connectivity index (χ2v) is 4.37. The molecule has 17 heavy (non-hydrogen) atoms. The van der Waals surface area contributed by atoms with Crippen molar-refractivity contribution in [3.05, 3.63) is 41.1 Å². The molecule has 2 aromatic heterocycles. The van der Waals surface area contributed by atoms with Gasteiger partial charge in [0.25, 0.3) is 0 Å². The molecular formula is C13H10N2OS. The molecule has 0 aliphatic heterocycles. The summed E-state index contributed by atoms with van der Waals surface area (Å²) in [5, 5.41) is 5.17. The first kappa shape index (κ1) is 10.2. The Morgan fingerprint density at radius 1 is 1.12 bits per heavy atom. The van der Waals surface area contributed by atoms with Crippen LogP contribution in [0.4, 0.5) is 0 Å². The summed E-state index contributed by atoms with van der Waals surface area (Å²) < 4.78 is 5.14. The zero-order chi connectivity index (χ0) is 11.7. The first-order valence-electron chi connectivity index (χ1n) is 5.22. The second-order valence-electron chi connectivity index (χ2n) is 3.59. The molecule has 3 aromatic rings. The van der Waals surface area contributed by atoms with Crippen molar-refractivity contribution in [2.75, 3.05) is 7.11 Å². The Morgan fingerprint density at radius 2 is 2.00 bits per heavy atom. The van der Waals surface area contributed by atoms with E-state index < -0.39 is 0 Å². The molecule has 0 saturated heterocycles. The number of benzene rings is 1. The lowest BCUT2D eigenvalue weighted by atomic mass is 10.1. The van der Waals surface area contributed by atoms with Crippen molar-refractivity contribution in [1.29, 1.82) is 0 Å². The van der Waals surface area contributed by atoms with Gasteiger partial charge in [-0.25, -0.2) is 0 Å². The van der Waals surface area contributed by atoms with Crippen LogP contribution in [-0.4, -0.2) is 17.1 Å². The number of methoxy groups -OCH3 is 1. The highest BCUT2D eigenvalue weighted by molar-refractivity contribution is 7.08. The third kappa shape index (κ3) is 1.76. The third-order valence-electron chi connectivity index (χ3n) is 2.56. The van der Waals surface area contributed by atoms with Crippen LogP contribution in [0.1, 0.15) is 0 Å². The minimum Gasteiger partial charge on any atom is -0.467 e. The maximum Gasteiger partial charge on any atom is 0.317 e. The van der Waals surface area contributed by atoms with E-state index in [-0.39, 0.29) is 0 Å². The van der Waals surface area contributed by atoms with Crippen LogP contribution in [0.5, 0.6) is 6.01 Å². The van der Waals surface area contributed by atoms with Gasteiger partial charge in [-0.05, 0) is 17.5 Å². The molecule has 0 bridgehead atoms. The fourth-order valence-corrected chi connectivity index (χ4v) is 2.41. The lowest BCUT2D eigenvalue weighted by molar-refractivity contribution is 0.382. The number of fused-ring (bicyclic) bond motifs is 1. The highest BCUT2D eigenvalue weighted by Gasteiger charge is 2.09. The molecule has 2 heterocycles. The van der Waals surface area contributed by atoms with E-state index in [0.717, 1.165) is 22.2 Å². The van der Waals surface area contributed by atoms with Gasteiger partial charge in [-0.1, -0.05) is 18.2 Å². The molecule has 3 nitrogen and oxygen atoms in total. The highest BCUT2D eigenvalue weighted by atomic mass is 32.1. The standard InChI is InChI=1S/C13H10N2OS/c1-16-13-14-11-5-3-2-4-10(11)12(15-13)9-6-7-17-8-9/h2-8H,1H3. The Bertz CT molecular complexity index is 650. The number of para-hydroxylation sites is 1. The molecule has 0 aliphatic carbocycles. The Morgan fingerprint density at radius 3 is 2.76 bits per heavy atom. The van der Waals surface area contributed by atoms with Gasteiger partial charge >= 0.3 is 6.01 Å². The van der Waals surface area contributed by atoms with E-state index in [9.17, 15) is 0 Å². The monoisotopic (exact) mass is 242 g/mol. The van der Waals surface area contributed by atoms with Crippen LogP contribution in [0.15, 0.2) is 41.1 Å². The van der Waals surface area contributed by atoms with Crippen LogP contribution >= 0.6 is 11.3 Å². The number of thiophene rings is 1. The largest absolute Gasteiger partial charge is 0.467 e. The van der Waals surface area contributed by atoms with Crippen molar-refractivity contribution < 1.29 is 4.74 Å². The molecule has 1 aromatic carbocycles. The number of hydrogen-bond acceptors (Lipinski definition) is 4. The number of hydrogen-bond donors (Lipinski definition) is 0. The fourth-order valence-electron chi connectivity index (χ4n) is 1.77. The van der Waals surface area contributed by atoms with Crippen molar-refractivity contribution >= 4 is 22.2 Å². The summed E-state index contributed by atoms with van der Waals surface area (Å²) in [7, 11) is 1.58. The molecule has 0 saturated carbocycles. The van der Waals surface area contributed by atoms with Gasteiger partial charge in [0.2, 0.25) is 0 Å². The number of nitrogens with zero attached hydrogens (tertiary/aromatic N) is 2. The smallest absolute Gasteiger partial charge is 0.317 e. The highest BCUT2D eigenvalue weighted by Crippen LogP contribution is 2.28. The lowest BCUT2D eigenvalue weighted by Gasteiger charge is -2.06. The van der Waals surface area contributed by atoms with Crippen LogP contribution in [0.25, 0.3) is 22.2 Å². The van der Waals surface area contributed by atoms with Gasteiger partial charge in [0.15, 0.2) is 0 Å². The first-order valence-corrected chi connectivity index (χ1v) is 6.16.